The van der Waals surface area contributed by atoms with Crippen LogP contribution in [-0.4, -0.2) is 27.7 Å². The molecule has 0 saturated heterocycles. The number of esters is 1. The molecule has 3 heterocycles. The summed E-state index contributed by atoms with van der Waals surface area (Å²) in [6.07, 6.45) is 5.41. The average molecular weight is 504 g/mol. The summed E-state index contributed by atoms with van der Waals surface area (Å²) in [5.74, 6) is 0.684. The first-order valence-corrected chi connectivity index (χ1v) is 11.1. The van der Waals surface area contributed by atoms with E-state index in [2.05, 4.69) is 26.0 Å². The van der Waals surface area contributed by atoms with E-state index in [9.17, 15) is 9.59 Å². The number of hydrogen-bond acceptors (Lipinski definition) is 8. The number of nitrogens with zero attached hydrogens (tertiary/aromatic N) is 3. The van der Waals surface area contributed by atoms with Crippen LogP contribution in [0.15, 0.2) is 38.9 Å². The fraction of sp³-hybridized carbons (Fsp3) is 0.100. The Hall–Kier alpha value is -2.82. The van der Waals surface area contributed by atoms with Gasteiger partial charge in [-0.25, -0.2) is 0 Å². The summed E-state index contributed by atoms with van der Waals surface area (Å²) in [6.45, 7) is 1.31. The molecule has 0 bridgehead atoms. The highest BCUT2D eigenvalue weighted by Crippen LogP contribution is 2.37. The first-order chi connectivity index (χ1) is 14.4. The van der Waals surface area contributed by atoms with E-state index in [1.165, 1.54) is 29.9 Å². The number of benzene rings is 1. The third-order valence-corrected chi connectivity index (χ3v) is 6.32. The van der Waals surface area contributed by atoms with Gasteiger partial charge in [0, 0.05) is 11.8 Å². The molecule has 0 fully saturated rings. The van der Waals surface area contributed by atoms with E-state index in [-0.39, 0.29) is 11.3 Å². The summed E-state index contributed by atoms with van der Waals surface area (Å²) >= 11 is 6.24. The van der Waals surface area contributed by atoms with Gasteiger partial charge in [0.2, 0.25) is 4.96 Å². The van der Waals surface area contributed by atoms with Gasteiger partial charge in [0.1, 0.15) is 0 Å². The van der Waals surface area contributed by atoms with Crippen molar-refractivity contribution in [2.24, 2.45) is 0 Å². The van der Waals surface area contributed by atoms with E-state index >= 15 is 0 Å². The molecule has 1 aromatic carbocycles. The van der Waals surface area contributed by atoms with Crippen molar-refractivity contribution in [3.8, 4) is 11.5 Å². The first-order valence-electron chi connectivity index (χ1n) is 8.63. The highest BCUT2D eigenvalue weighted by atomic mass is 79.9. The van der Waals surface area contributed by atoms with Gasteiger partial charge in [0.25, 0.3) is 5.56 Å². The highest BCUT2D eigenvalue weighted by molar-refractivity contribution is 9.10. The molecule has 3 aromatic heterocycles. The molecule has 4 rings (SSSR count). The maximum absolute atomic E-state index is 12.7. The van der Waals surface area contributed by atoms with Crippen LogP contribution >= 0.6 is 38.6 Å². The monoisotopic (exact) mass is 503 g/mol. The maximum atomic E-state index is 12.7. The zero-order valence-electron chi connectivity index (χ0n) is 15.8. The Morgan fingerprint density at radius 1 is 1.30 bits per heavy atom. The second-order valence-electron chi connectivity index (χ2n) is 6.06. The number of fused-ring (bicyclic) bond motifs is 1. The number of carbonyl (C=O) groups is 1. The molecule has 10 heteroatoms. The van der Waals surface area contributed by atoms with Gasteiger partial charge < -0.3 is 9.47 Å². The number of methoxy groups -OCH3 is 1. The summed E-state index contributed by atoms with van der Waals surface area (Å²) in [6, 6.07) is 7.39. The fourth-order valence-corrected chi connectivity index (χ4v) is 4.75. The molecule has 0 spiro atoms. The zero-order chi connectivity index (χ0) is 21.3. The number of ether oxygens (including phenoxy) is 2. The molecule has 30 heavy (non-hydrogen) atoms. The number of thiazole rings is 1. The average Bonchev–Trinajstić information content (AvgIpc) is 3.41. The summed E-state index contributed by atoms with van der Waals surface area (Å²) in [7, 11) is 1.48. The van der Waals surface area contributed by atoms with Crippen LogP contribution in [0.1, 0.15) is 23.2 Å². The number of carbonyl (C=O) groups excluding carboxylic acids is 1. The van der Waals surface area contributed by atoms with Gasteiger partial charge in [0.15, 0.2) is 17.3 Å². The molecular weight excluding hydrogens is 490 g/mol. The van der Waals surface area contributed by atoms with Crippen LogP contribution in [0.3, 0.4) is 0 Å². The summed E-state index contributed by atoms with van der Waals surface area (Å²) in [5, 5.41) is 6.27. The van der Waals surface area contributed by atoms with Gasteiger partial charge in [0.05, 0.1) is 16.1 Å². The van der Waals surface area contributed by atoms with Crippen LogP contribution in [-0.2, 0) is 4.79 Å². The van der Waals surface area contributed by atoms with E-state index in [4.69, 9.17) is 9.47 Å². The molecule has 152 valence electrons. The van der Waals surface area contributed by atoms with Crippen molar-refractivity contribution in [3.05, 3.63) is 65.3 Å². The largest absolute Gasteiger partial charge is 0.493 e. The third kappa shape index (κ3) is 4.20. The SMILES string of the molecule is COc1cc(/C=c2\sc3nc(/C=C/c4cccs4)nn3c2=O)cc(Br)c1OC(C)=O. The van der Waals surface area contributed by atoms with Crippen LogP contribution in [0.25, 0.3) is 23.2 Å². The van der Waals surface area contributed by atoms with Gasteiger partial charge in [-0.05, 0) is 63.3 Å². The van der Waals surface area contributed by atoms with Crippen molar-refractivity contribution < 1.29 is 14.3 Å². The highest BCUT2D eigenvalue weighted by Gasteiger charge is 2.14. The van der Waals surface area contributed by atoms with Gasteiger partial charge in [-0.3, -0.25) is 9.59 Å². The van der Waals surface area contributed by atoms with E-state index in [0.29, 0.717) is 31.1 Å². The Kier molecular flexibility index (Phi) is 5.80. The Morgan fingerprint density at radius 3 is 2.80 bits per heavy atom. The van der Waals surface area contributed by atoms with Crippen LogP contribution in [0.2, 0.25) is 0 Å². The van der Waals surface area contributed by atoms with E-state index in [1.54, 1.807) is 35.6 Å². The van der Waals surface area contributed by atoms with Crippen molar-refractivity contribution in [1.29, 1.82) is 0 Å². The van der Waals surface area contributed by atoms with E-state index in [1.807, 2.05) is 23.6 Å². The van der Waals surface area contributed by atoms with Crippen molar-refractivity contribution in [3.63, 3.8) is 0 Å². The first kappa shape index (κ1) is 20.5. The lowest BCUT2D eigenvalue weighted by Gasteiger charge is -2.10. The predicted molar refractivity (Wildman–Crippen MR) is 121 cm³/mol. The lowest BCUT2D eigenvalue weighted by molar-refractivity contribution is -0.132. The minimum atomic E-state index is -0.456. The summed E-state index contributed by atoms with van der Waals surface area (Å²) < 4.78 is 12.8. The molecule has 0 aliphatic heterocycles. The van der Waals surface area contributed by atoms with Crippen molar-refractivity contribution in [2.45, 2.75) is 6.92 Å². The molecule has 7 nitrogen and oxygen atoms in total. The van der Waals surface area contributed by atoms with E-state index in [0.717, 1.165) is 4.88 Å². The Morgan fingerprint density at radius 2 is 2.13 bits per heavy atom. The van der Waals surface area contributed by atoms with Gasteiger partial charge in [-0.1, -0.05) is 17.4 Å². The van der Waals surface area contributed by atoms with Crippen LogP contribution in [0.5, 0.6) is 11.5 Å². The third-order valence-electron chi connectivity index (χ3n) is 3.93. The smallest absolute Gasteiger partial charge is 0.308 e. The number of hydrogen-bond donors (Lipinski definition) is 0. The van der Waals surface area contributed by atoms with Gasteiger partial charge in [-0.2, -0.15) is 9.50 Å². The van der Waals surface area contributed by atoms with E-state index < -0.39 is 5.97 Å². The van der Waals surface area contributed by atoms with Crippen LogP contribution in [0, 0.1) is 0 Å². The lowest BCUT2D eigenvalue weighted by Crippen LogP contribution is -2.23. The Bertz CT molecular complexity index is 1370. The molecule has 0 aliphatic carbocycles. The fourth-order valence-electron chi connectivity index (χ4n) is 2.68. The number of aromatic nitrogens is 3. The molecule has 4 aromatic rings. The van der Waals surface area contributed by atoms with Crippen molar-refractivity contribution >= 4 is 67.8 Å². The minimum absolute atomic E-state index is 0.252. The lowest BCUT2D eigenvalue weighted by atomic mass is 10.2. The van der Waals surface area contributed by atoms with Crippen molar-refractivity contribution in [2.75, 3.05) is 7.11 Å². The normalized spacial score (nSPS) is 12.2. The Labute approximate surface area is 187 Å². The maximum Gasteiger partial charge on any atom is 0.308 e. The van der Waals surface area contributed by atoms with Crippen LogP contribution < -0.4 is 19.6 Å². The zero-order valence-corrected chi connectivity index (χ0v) is 19.0. The molecule has 0 amide bonds. The molecule has 0 saturated carbocycles. The predicted octanol–water partition coefficient (Wildman–Crippen LogP) is 3.63. The Balaban J connectivity index is 1.70. The molecule has 0 atom stereocenters. The summed E-state index contributed by atoms with van der Waals surface area (Å²) in [4.78, 5) is 30.0. The summed E-state index contributed by atoms with van der Waals surface area (Å²) in [5.41, 5.74) is 0.450. The number of rotatable bonds is 5. The number of thiophene rings is 1. The molecule has 0 unspecified atom stereocenters. The van der Waals surface area contributed by atoms with Gasteiger partial charge >= 0.3 is 5.97 Å². The molecule has 0 aliphatic rings. The van der Waals surface area contributed by atoms with Gasteiger partial charge in [-0.15, -0.1) is 16.4 Å². The second kappa shape index (κ2) is 8.50. The molecule has 0 N–H and O–H groups in total. The second-order valence-corrected chi connectivity index (χ2v) is 8.90. The topological polar surface area (TPSA) is 82.8 Å². The quantitative estimate of drug-likeness (QED) is 0.305. The van der Waals surface area contributed by atoms with Crippen LogP contribution in [0.4, 0.5) is 0 Å². The number of halogens is 1. The van der Waals surface area contributed by atoms with Crippen molar-refractivity contribution in [1.82, 2.24) is 14.6 Å². The molecule has 0 radical (unpaired) electrons. The molecular formula is C20H14BrN3O4S2. The minimum Gasteiger partial charge on any atom is -0.493 e. The standard InChI is InChI=1S/C20H14BrN3O4S2/c1-11(25)28-18-14(21)8-12(9-15(18)27-2)10-16-19(26)24-20(30-16)22-17(23-24)6-5-13-4-3-7-29-13/h3-10H,1-2H3/b6-5+,16-10-.